The van der Waals surface area contributed by atoms with E-state index in [9.17, 15) is 9.13 Å². The van der Waals surface area contributed by atoms with Crippen molar-refractivity contribution in [2.45, 2.75) is 25.7 Å². The van der Waals surface area contributed by atoms with Gasteiger partial charge in [-0.25, -0.2) is 9.13 Å². The van der Waals surface area contributed by atoms with Crippen LogP contribution in [0.5, 0.6) is 0 Å². The fourth-order valence-electron chi connectivity index (χ4n) is 0.726. The largest absolute Gasteiger partial charge is 0.471 e. The van der Waals surface area contributed by atoms with Crippen LogP contribution >= 0.6 is 15.6 Å². The Hall–Kier alpha value is 0.140. The molecule has 0 rings (SSSR count). The third-order valence-electron chi connectivity index (χ3n) is 1.99. The van der Waals surface area contributed by atoms with Gasteiger partial charge in [0.05, 0.1) is 0 Å². The van der Waals surface area contributed by atoms with Crippen molar-refractivity contribution < 1.29 is 47.2 Å². The molecule has 0 bridgehead atoms. The van der Waals surface area contributed by atoms with Crippen LogP contribution < -0.4 is 0 Å². The Bertz CT molecular complexity index is 266. The summed E-state index contributed by atoms with van der Waals surface area (Å²) in [5.41, 5.74) is 0. The minimum absolute atomic E-state index is 0.283. The predicted octanol–water partition coefficient (Wildman–Crippen LogP) is 1.29. The minimum atomic E-state index is -3.65. The third-order valence-corrected chi connectivity index (χ3v) is 3.83. The van der Waals surface area contributed by atoms with Crippen molar-refractivity contribution >= 4 is 15.6 Å². The molecule has 0 radical (unpaired) electrons. The Morgan fingerprint density at radius 2 is 0.864 bits per heavy atom. The molecular formula is C10H28O10P2. The van der Waals surface area contributed by atoms with Gasteiger partial charge in [0.15, 0.2) is 0 Å². The van der Waals surface area contributed by atoms with E-state index >= 15 is 0 Å². The van der Waals surface area contributed by atoms with Gasteiger partial charge in [-0.3, -0.25) is 18.1 Å². The van der Waals surface area contributed by atoms with Crippen LogP contribution in [0.2, 0.25) is 0 Å². The van der Waals surface area contributed by atoms with Gasteiger partial charge < -0.3 is 20.0 Å². The van der Waals surface area contributed by atoms with Gasteiger partial charge in [-0.15, -0.1) is 0 Å². The number of aliphatic hydroxyl groups excluding tert-OH is 2. The summed E-state index contributed by atoms with van der Waals surface area (Å²) < 4.78 is 36.0. The quantitative estimate of drug-likeness (QED) is 0.345. The standard InChI is InChI=1S/C6H14O2.2C2H7O4P/c7-5-3-1-2-4-6-8;2*1-5-7(3,4)6-2/h7-8H,1-6H2;2*1-2H3,(H,3,4). The van der Waals surface area contributed by atoms with Gasteiger partial charge in [0.25, 0.3) is 0 Å². The first-order valence-electron chi connectivity index (χ1n) is 6.26. The van der Waals surface area contributed by atoms with E-state index < -0.39 is 15.6 Å². The molecule has 0 aromatic heterocycles. The average molecular weight is 370 g/mol. The Kier molecular flexibility index (Phi) is 21.5. The van der Waals surface area contributed by atoms with Crippen LogP contribution in [0.3, 0.4) is 0 Å². The Morgan fingerprint density at radius 3 is 0.955 bits per heavy atom. The third kappa shape index (κ3) is 25.1. The molecule has 0 aromatic rings. The Balaban J connectivity index is -0.000000247. The van der Waals surface area contributed by atoms with Crippen LogP contribution in [0.1, 0.15) is 25.7 Å². The van der Waals surface area contributed by atoms with E-state index in [1.54, 1.807) is 0 Å². The topological polar surface area (TPSA) is 152 Å². The van der Waals surface area contributed by atoms with Crippen molar-refractivity contribution in [2.75, 3.05) is 41.7 Å². The molecule has 0 spiro atoms. The normalized spacial score (nSPS) is 11.1. The lowest BCUT2D eigenvalue weighted by atomic mass is 10.2. The Morgan fingerprint density at radius 1 is 0.636 bits per heavy atom. The van der Waals surface area contributed by atoms with Crippen LogP contribution in [0.25, 0.3) is 0 Å². The smallest absolute Gasteiger partial charge is 0.396 e. The van der Waals surface area contributed by atoms with E-state index in [4.69, 9.17) is 20.0 Å². The molecule has 0 aromatic carbocycles. The zero-order valence-electron chi connectivity index (χ0n) is 13.4. The highest BCUT2D eigenvalue weighted by atomic mass is 31.2. The summed E-state index contributed by atoms with van der Waals surface area (Å²) >= 11 is 0. The van der Waals surface area contributed by atoms with E-state index in [0.717, 1.165) is 54.1 Å². The van der Waals surface area contributed by atoms with Crippen LogP contribution in [-0.4, -0.2) is 61.7 Å². The van der Waals surface area contributed by atoms with E-state index in [1.165, 1.54) is 0 Å². The van der Waals surface area contributed by atoms with Crippen LogP contribution in [0.15, 0.2) is 0 Å². The fourth-order valence-corrected chi connectivity index (χ4v) is 1.02. The summed E-state index contributed by atoms with van der Waals surface area (Å²) in [5, 5.41) is 16.6. The number of aliphatic hydroxyl groups is 2. The molecule has 0 atom stereocenters. The number of hydrogen-bond donors (Lipinski definition) is 4. The molecule has 12 heteroatoms. The highest BCUT2D eigenvalue weighted by Gasteiger charge is 2.14. The second-order valence-electron chi connectivity index (χ2n) is 3.53. The molecule has 0 aliphatic heterocycles. The van der Waals surface area contributed by atoms with Crippen LogP contribution in [-0.2, 0) is 27.2 Å². The van der Waals surface area contributed by atoms with Gasteiger partial charge in [-0.2, -0.15) is 0 Å². The molecule has 10 nitrogen and oxygen atoms in total. The zero-order chi connectivity index (χ0) is 18.1. The first-order valence-corrected chi connectivity index (χ1v) is 9.25. The number of unbranched alkanes of at least 4 members (excludes halogenated alkanes) is 3. The van der Waals surface area contributed by atoms with Crippen molar-refractivity contribution in [3.05, 3.63) is 0 Å². The minimum Gasteiger partial charge on any atom is -0.396 e. The van der Waals surface area contributed by atoms with E-state index in [2.05, 4.69) is 18.1 Å². The molecule has 0 aliphatic rings. The van der Waals surface area contributed by atoms with Crippen molar-refractivity contribution in [1.29, 1.82) is 0 Å². The molecule has 0 saturated carbocycles. The maximum absolute atomic E-state index is 10.1. The molecule has 0 unspecified atom stereocenters. The SMILES string of the molecule is COP(=O)(O)OC.COP(=O)(O)OC.OCCCCCCO. The summed E-state index contributed by atoms with van der Waals surface area (Å²) in [7, 11) is -2.90. The van der Waals surface area contributed by atoms with Crippen molar-refractivity contribution in [3.8, 4) is 0 Å². The van der Waals surface area contributed by atoms with E-state index in [-0.39, 0.29) is 13.2 Å². The van der Waals surface area contributed by atoms with Crippen LogP contribution in [0.4, 0.5) is 0 Å². The zero-order valence-corrected chi connectivity index (χ0v) is 15.2. The molecule has 0 saturated heterocycles. The first-order chi connectivity index (χ1) is 10.2. The summed E-state index contributed by atoms with van der Waals surface area (Å²) in [6.45, 7) is 0.566. The maximum atomic E-state index is 10.1. The summed E-state index contributed by atoms with van der Waals surface area (Å²) in [4.78, 5) is 16.5. The molecule has 4 N–H and O–H groups in total. The fraction of sp³-hybridized carbons (Fsp3) is 1.00. The summed E-state index contributed by atoms with van der Waals surface area (Å²) in [6.07, 6.45) is 3.83. The van der Waals surface area contributed by atoms with Gasteiger partial charge in [-0.05, 0) is 12.8 Å². The molecule has 0 fully saturated rings. The lowest BCUT2D eigenvalue weighted by molar-refractivity contribution is 0.203. The van der Waals surface area contributed by atoms with Gasteiger partial charge in [-0.1, -0.05) is 12.8 Å². The average Bonchev–Trinajstić information content (AvgIpc) is 2.53. The summed E-state index contributed by atoms with van der Waals surface area (Å²) in [5.74, 6) is 0. The van der Waals surface area contributed by atoms with Crippen LogP contribution in [0, 0.1) is 0 Å². The highest BCUT2D eigenvalue weighted by molar-refractivity contribution is 7.47. The molecular weight excluding hydrogens is 342 g/mol. The number of phosphoric acid groups is 2. The maximum Gasteiger partial charge on any atom is 0.471 e. The molecule has 22 heavy (non-hydrogen) atoms. The molecule has 0 aliphatic carbocycles. The molecule has 0 amide bonds. The van der Waals surface area contributed by atoms with Gasteiger partial charge >= 0.3 is 15.6 Å². The van der Waals surface area contributed by atoms with Crippen molar-refractivity contribution in [2.24, 2.45) is 0 Å². The molecule has 138 valence electrons. The lowest BCUT2D eigenvalue weighted by Crippen LogP contribution is -1.85. The monoisotopic (exact) mass is 370 g/mol. The Labute approximate surface area is 131 Å². The number of hydrogen-bond acceptors (Lipinski definition) is 8. The van der Waals surface area contributed by atoms with Gasteiger partial charge in [0, 0.05) is 41.7 Å². The van der Waals surface area contributed by atoms with Gasteiger partial charge in [0.2, 0.25) is 0 Å². The first kappa shape index (κ1) is 27.0. The molecule has 0 heterocycles. The second kappa shape index (κ2) is 17.5. The predicted molar refractivity (Wildman–Crippen MR) is 80.3 cm³/mol. The van der Waals surface area contributed by atoms with Crippen molar-refractivity contribution in [3.63, 3.8) is 0 Å². The van der Waals surface area contributed by atoms with Crippen molar-refractivity contribution in [1.82, 2.24) is 0 Å². The second-order valence-corrected chi connectivity index (χ2v) is 6.86. The van der Waals surface area contributed by atoms with E-state index in [0.29, 0.717) is 0 Å². The highest BCUT2D eigenvalue weighted by Crippen LogP contribution is 2.40. The lowest BCUT2D eigenvalue weighted by Gasteiger charge is -2.01. The summed E-state index contributed by atoms with van der Waals surface area (Å²) in [6, 6.07) is 0. The number of rotatable bonds is 9. The van der Waals surface area contributed by atoms with Gasteiger partial charge in [0.1, 0.15) is 0 Å². The van der Waals surface area contributed by atoms with E-state index in [1.807, 2.05) is 0 Å². The number of phosphoric ester groups is 2.